The molecule has 8 heteroatoms. The standard InChI is InChI=1S/C20H37N5O2.HI/c1-6-20(5)16(26)25(18(27)24-20)14-8-13-22-17(21-7-2)23-15-9-11-19(3,4)12-10-15;/h15H,6-14H2,1-5H3,(H,24,27)(H2,21,22,23);1H. The molecule has 0 bridgehead atoms. The van der Waals surface area contributed by atoms with Gasteiger partial charge in [-0.25, -0.2) is 4.79 Å². The van der Waals surface area contributed by atoms with Gasteiger partial charge in [-0.1, -0.05) is 20.8 Å². The van der Waals surface area contributed by atoms with Gasteiger partial charge in [0.25, 0.3) is 5.91 Å². The van der Waals surface area contributed by atoms with Crippen molar-refractivity contribution in [3.63, 3.8) is 0 Å². The van der Waals surface area contributed by atoms with Gasteiger partial charge in [-0.2, -0.15) is 0 Å². The highest BCUT2D eigenvalue weighted by Gasteiger charge is 2.45. The molecule has 1 saturated carbocycles. The summed E-state index contributed by atoms with van der Waals surface area (Å²) in [5.41, 5.74) is -0.310. The molecule has 3 amide bonds. The number of nitrogens with one attached hydrogen (secondary N) is 3. The molecule has 28 heavy (non-hydrogen) atoms. The summed E-state index contributed by atoms with van der Waals surface area (Å²) < 4.78 is 0. The summed E-state index contributed by atoms with van der Waals surface area (Å²) in [6, 6.07) is 0.176. The molecule has 7 nitrogen and oxygen atoms in total. The van der Waals surface area contributed by atoms with E-state index in [1.807, 2.05) is 6.92 Å². The van der Waals surface area contributed by atoms with Crippen LogP contribution < -0.4 is 16.0 Å². The second-order valence-corrected chi connectivity index (χ2v) is 8.77. The zero-order chi connectivity index (χ0) is 20.1. The summed E-state index contributed by atoms with van der Waals surface area (Å²) in [5.74, 6) is 0.701. The number of aliphatic imine (C=N–C) groups is 1. The van der Waals surface area contributed by atoms with Crippen LogP contribution in [0.3, 0.4) is 0 Å². The fourth-order valence-corrected chi connectivity index (χ4v) is 3.67. The van der Waals surface area contributed by atoms with Gasteiger partial charge >= 0.3 is 6.03 Å². The second kappa shape index (κ2) is 10.6. The molecule has 0 aromatic carbocycles. The fourth-order valence-electron chi connectivity index (χ4n) is 3.67. The number of imide groups is 1. The summed E-state index contributed by atoms with van der Waals surface area (Å²) in [6.07, 6.45) is 6.04. The van der Waals surface area contributed by atoms with Gasteiger partial charge in [-0.3, -0.25) is 14.7 Å². The van der Waals surface area contributed by atoms with E-state index in [1.165, 1.54) is 17.7 Å². The Morgan fingerprint density at radius 3 is 2.39 bits per heavy atom. The van der Waals surface area contributed by atoms with Crippen molar-refractivity contribution in [2.24, 2.45) is 10.4 Å². The molecule has 0 radical (unpaired) electrons. The number of guanidine groups is 1. The Bertz CT molecular complexity index is 571. The third kappa shape index (κ3) is 6.49. The predicted octanol–water partition coefficient (Wildman–Crippen LogP) is 3.24. The molecule has 0 spiro atoms. The minimum absolute atomic E-state index is 0. The summed E-state index contributed by atoms with van der Waals surface area (Å²) in [6.45, 7) is 12.2. The highest BCUT2D eigenvalue weighted by atomic mass is 127. The molecule has 1 unspecified atom stereocenters. The molecule has 2 rings (SSSR count). The lowest BCUT2D eigenvalue weighted by molar-refractivity contribution is -0.130. The Balaban J connectivity index is 0.00000392. The Hall–Kier alpha value is -1.06. The average molecular weight is 507 g/mol. The summed E-state index contributed by atoms with van der Waals surface area (Å²) in [4.78, 5) is 30.4. The highest BCUT2D eigenvalue weighted by Crippen LogP contribution is 2.34. The Labute approximate surface area is 186 Å². The first-order valence-electron chi connectivity index (χ1n) is 10.4. The number of rotatable bonds is 7. The smallest absolute Gasteiger partial charge is 0.325 e. The van der Waals surface area contributed by atoms with E-state index in [9.17, 15) is 9.59 Å². The minimum atomic E-state index is -0.758. The van der Waals surface area contributed by atoms with Crippen LogP contribution in [-0.2, 0) is 4.79 Å². The van der Waals surface area contributed by atoms with E-state index in [4.69, 9.17) is 0 Å². The van der Waals surface area contributed by atoms with Crippen molar-refractivity contribution in [2.45, 2.75) is 84.7 Å². The maximum absolute atomic E-state index is 12.4. The van der Waals surface area contributed by atoms with E-state index in [0.717, 1.165) is 25.3 Å². The van der Waals surface area contributed by atoms with Gasteiger partial charge in [-0.15, -0.1) is 24.0 Å². The largest absolute Gasteiger partial charge is 0.357 e. The minimum Gasteiger partial charge on any atom is -0.357 e. The average Bonchev–Trinajstić information content (AvgIpc) is 2.83. The van der Waals surface area contributed by atoms with Crippen molar-refractivity contribution in [3.8, 4) is 0 Å². The first kappa shape index (κ1) is 25.0. The zero-order valence-corrected chi connectivity index (χ0v) is 20.4. The quantitative estimate of drug-likeness (QED) is 0.162. The van der Waals surface area contributed by atoms with E-state index >= 15 is 0 Å². The van der Waals surface area contributed by atoms with Crippen molar-refractivity contribution in [2.75, 3.05) is 19.6 Å². The van der Waals surface area contributed by atoms with E-state index < -0.39 is 5.54 Å². The number of urea groups is 1. The lowest BCUT2D eigenvalue weighted by atomic mass is 9.75. The molecule has 1 aliphatic carbocycles. The number of amides is 3. The Kier molecular flexibility index (Phi) is 9.49. The lowest BCUT2D eigenvalue weighted by Gasteiger charge is -2.35. The zero-order valence-electron chi connectivity index (χ0n) is 18.1. The number of halogens is 1. The molecule has 2 aliphatic rings. The molecule has 3 N–H and O–H groups in total. The normalized spacial score (nSPS) is 25.3. The Morgan fingerprint density at radius 1 is 1.21 bits per heavy atom. The van der Waals surface area contributed by atoms with E-state index in [0.29, 0.717) is 37.4 Å². The van der Waals surface area contributed by atoms with Gasteiger partial charge in [0.1, 0.15) is 5.54 Å². The van der Waals surface area contributed by atoms with Crippen molar-refractivity contribution < 1.29 is 9.59 Å². The molecule has 2 fully saturated rings. The first-order chi connectivity index (χ1) is 12.7. The van der Waals surface area contributed by atoms with Crippen LogP contribution in [0, 0.1) is 5.41 Å². The third-order valence-corrected chi connectivity index (χ3v) is 5.89. The molecule has 1 atom stereocenters. The van der Waals surface area contributed by atoms with Crippen LogP contribution >= 0.6 is 24.0 Å². The van der Waals surface area contributed by atoms with E-state index in [1.54, 1.807) is 6.92 Å². The summed E-state index contributed by atoms with van der Waals surface area (Å²) in [5, 5.41) is 9.63. The van der Waals surface area contributed by atoms with Crippen molar-refractivity contribution in [1.82, 2.24) is 20.9 Å². The van der Waals surface area contributed by atoms with E-state index in [-0.39, 0.29) is 35.9 Å². The van der Waals surface area contributed by atoms with Gasteiger partial charge in [0.2, 0.25) is 0 Å². The monoisotopic (exact) mass is 507 g/mol. The van der Waals surface area contributed by atoms with Crippen LogP contribution in [0.25, 0.3) is 0 Å². The first-order valence-corrected chi connectivity index (χ1v) is 10.4. The van der Waals surface area contributed by atoms with Crippen LogP contribution in [0.1, 0.15) is 73.1 Å². The SMILES string of the molecule is CCNC(=NCCCN1C(=O)NC(C)(CC)C1=O)NC1CCC(C)(C)CC1.I. The third-order valence-electron chi connectivity index (χ3n) is 5.89. The maximum atomic E-state index is 12.4. The number of carbonyl (C=O) groups is 2. The number of hydrogen-bond donors (Lipinski definition) is 3. The highest BCUT2D eigenvalue weighted by molar-refractivity contribution is 14.0. The van der Waals surface area contributed by atoms with Gasteiger partial charge in [-0.05, 0) is 57.8 Å². The van der Waals surface area contributed by atoms with E-state index in [2.05, 4.69) is 41.7 Å². The van der Waals surface area contributed by atoms with Crippen molar-refractivity contribution >= 4 is 41.9 Å². The van der Waals surface area contributed by atoms with Crippen molar-refractivity contribution in [1.29, 1.82) is 0 Å². The van der Waals surface area contributed by atoms with Crippen LogP contribution in [0.2, 0.25) is 0 Å². The topological polar surface area (TPSA) is 85.8 Å². The fraction of sp³-hybridized carbons (Fsp3) is 0.850. The number of carbonyl (C=O) groups excluding carboxylic acids is 2. The lowest BCUT2D eigenvalue weighted by Crippen LogP contribution is -2.45. The maximum Gasteiger partial charge on any atom is 0.325 e. The molecule has 1 heterocycles. The molecular weight excluding hydrogens is 469 g/mol. The number of nitrogens with zero attached hydrogens (tertiary/aromatic N) is 2. The molecule has 0 aromatic heterocycles. The molecule has 1 saturated heterocycles. The molecule has 0 aromatic rings. The number of hydrogen-bond acceptors (Lipinski definition) is 3. The summed E-state index contributed by atoms with van der Waals surface area (Å²) in [7, 11) is 0. The van der Waals surface area contributed by atoms with Crippen molar-refractivity contribution in [3.05, 3.63) is 0 Å². The van der Waals surface area contributed by atoms with Gasteiger partial charge in [0, 0.05) is 25.7 Å². The van der Waals surface area contributed by atoms with Gasteiger partial charge in [0.15, 0.2) is 5.96 Å². The van der Waals surface area contributed by atoms with Gasteiger partial charge < -0.3 is 16.0 Å². The van der Waals surface area contributed by atoms with Crippen LogP contribution in [-0.4, -0.2) is 54.0 Å². The van der Waals surface area contributed by atoms with Gasteiger partial charge in [0.05, 0.1) is 0 Å². The molecule has 1 aliphatic heterocycles. The van der Waals surface area contributed by atoms with Crippen LogP contribution in [0.4, 0.5) is 4.79 Å². The van der Waals surface area contributed by atoms with Crippen LogP contribution in [0.5, 0.6) is 0 Å². The second-order valence-electron chi connectivity index (χ2n) is 8.77. The molecule has 162 valence electrons. The van der Waals surface area contributed by atoms with Crippen LogP contribution in [0.15, 0.2) is 4.99 Å². The molecular formula is C20H38IN5O2. The Morgan fingerprint density at radius 2 is 1.86 bits per heavy atom. The predicted molar refractivity (Wildman–Crippen MR) is 124 cm³/mol. The summed E-state index contributed by atoms with van der Waals surface area (Å²) >= 11 is 0.